The van der Waals surface area contributed by atoms with Crippen molar-refractivity contribution in [2.24, 2.45) is 0 Å². The second-order valence-electron chi connectivity index (χ2n) is 9.76. The van der Waals surface area contributed by atoms with Gasteiger partial charge < -0.3 is 8.82 Å². The van der Waals surface area contributed by atoms with Crippen molar-refractivity contribution in [1.82, 2.24) is 4.40 Å². The Morgan fingerprint density at radius 3 is 2.03 bits per heavy atom. The molecule has 9 aromatic rings. The fraction of sp³-hybridized carbons (Fsp3) is 0. The fourth-order valence-electron chi connectivity index (χ4n) is 6.33. The van der Waals surface area contributed by atoms with E-state index in [4.69, 9.17) is 4.42 Å². The molecule has 0 N–H and O–H groups in total. The summed E-state index contributed by atoms with van der Waals surface area (Å²) < 4.78 is 8.52. The van der Waals surface area contributed by atoms with Gasteiger partial charge in [0.1, 0.15) is 11.2 Å². The van der Waals surface area contributed by atoms with E-state index in [1.165, 1.54) is 60.0 Å². The van der Waals surface area contributed by atoms with Crippen molar-refractivity contribution in [2.75, 3.05) is 0 Å². The Balaban J connectivity index is 1.40. The summed E-state index contributed by atoms with van der Waals surface area (Å²) in [6.45, 7) is 0. The topological polar surface area (TPSA) is 17.6 Å². The van der Waals surface area contributed by atoms with Crippen molar-refractivity contribution in [3.63, 3.8) is 0 Å². The molecule has 0 aliphatic carbocycles. The van der Waals surface area contributed by atoms with Crippen molar-refractivity contribution >= 4 is 70.8 Å². The van der Waals surface area contributed by atoms with Crippen molar-refractivity contribution in [3.05, 3.63) is 115 Å². The van der Waals surface area contributed by atoms with E-state index in [0.717, 1.165) is 21.9 Å². The molecule has 0 fully saturated rings. The van der Waals surface area contributed by atoms with E-state index in [2.05, 4.69) is 108 Å². The van der Waals surface area contributed by atoms with Gasteiger partial charge in [0.2, 0.25) is 0 Å². The summed E-state index contributed by atoms with van der Waals surface area (Å²) in [7, 11) is 0. The first-order chi connectivity index (χ1) is 17.8. The lowest BCUT2D eigenvalue weighted by molar-refractivity contribution is 0.669. The van der Waals surface area contributed by atoms with Gasteiger partial charge in [-0.15, -0.1) is 0 Å². The van der Waals surface area contributed by atoms with Gasteiger partial charge in [0.05, 0.1) is 16.6 Å². The normalized spacial score (nSPS) is 12.4. The standard InChI is InChI=1S/C34H19NO/c1-2-8-23-22(7-1)19-28-26-17-20(21-14-16-32-27(18-21)24-9-4-6-12-31(24)36-32)13-15-30(26)35-29-11-5-3-10-25(29)33(23)34(28)35/h1-19H. The Hall–Kier alpha value is -4.82. The smallest absolute Gasteiger partial charge is 0.135 e. The molecule has 2 heteroatoms. The van der Waals surface area contributed by atoms with Gasteiger partial charge in [-0.1, -0.05) is 72.8 Å². The van der Waals surface area contributed by atoms with Gasteiger partial charge >= 0.3 is 0 Å². The monoisotopic (exact) mass is 457 g/mol. The summed E-state index contributed by atoms with van der Waals surface area (Å²) in [6, 6.07) is 41.7. The van der Waals surface area contributed by atoms with Crippen LogP contribution >= 0.6 is 0 Å². The maximum Gasteiger partial charge on any atom is 0.135 e. The van der Waals surface area contributed by atoms with Gasteiger partial charge in [0.15, 0.2) is 0 Å². The second kappa shape index (κ2) is 6.44. The van der Waals surface area contributed by atoms with Crippen LogP contribution in [0.15, 0.2) is 120 Å². The van der Waals surface area contributed by atoms with E-state index in [1.54, 1.807) is 0 Å². The van der Waals surface area contributed by atoms with E-state index in [-0.39, 0.29) is 0 Å². The minimum absolute atomic E-state index is 0.930. The molecule has 9 rings (SSSR count). The summed E-state index contributed by atoms with van der Waals surface area (Å²) in [4.78, 5) is 0. The van der Waals surface area contributed by atoms with Crippen LogP contribution in [0.3, 0.4) is 0 Å². The average molecular weight is 458 g/mol. The van der Waals surface area contributed by atoms with Gasteiger partial charge in [-0.25, -0.2) is 0 Å². The third-order valence-electron chi connectivity index (χ3n) is 7.90. The quantitative estimate of drug-likeness (QED) is 0.240. The van der Waals surface area contributed by atoms with Crippen LogP contribution in [-0.4, -0.2) is 4.40 Å². The van der Waals surface area contributed by atoms with Crippen molar-refractivity contribution in [1.29, 1.82) is 0 Å². The summed E-state index contributed by atoms with van der Waals surface area (Å²) in [5, 5.41) is 10.2. The molecule has 3 aromatic heterocycles. The molecule has 0 saturated heterocycles. The Morgan fingerprint density at radius 1 is 0.444 bits per heavy atom. The molecule has 0 aliphatic heterocycles. The van der Waals surface area contributed by atoms with Crippen molar-refractivity contribution < 1.29 is 4.42 Å². The molecule has 0 atom stereocenters. The summed E-state index contributed by atoms with van der Waals surface area (Å²) in [5.41, 5.74) is 8.13. The van der Waals surface area contributed by atoms with Crippen LogP contribution in [0, 0.1) is 0 Å². The summed E-state index contributed by atoms with van der Waals surface area (Å²) in [5.74, 6) is 0. The van der Waals surface area contributed by atoms with Gasteiger partial charge in [-0.05, 0) is 64.4 Å². The van der Waals surface area contributed by atoms with Crippen LogP contribution < -0.4 is 0 Å². The summed E-state index contributed by atoms with van der Waals surface area (Å²) in [6.07, 6.45) is 0. The predicted molar refractivity (Wildman–Crippen MR) is 151 cm³/mol. The number of benzene rings is 6. The molecule has 3 heterocycles. The minimum atomic E-state index is 0.930. The second-order valence-corrected chi connectivity index (χ2v) is 9.76. The maximum absolute atomic E-state index is 6.07. The third-order valence-corrected chi connectivity index (χ3v) is 7.90. The molecule has 2 nitrogen and oxygen atoms in total. The van der Waals surface area contributed by atoms with Gasteiger partial charge in [0, 0.05) is 32.3 Å². The van der Waals surface area contributed by atoms with Gasteiger partial charge in [0.25, 0.3) is 0 Å². The Kier molecular flexibility index (Phi) is 3.31. The number of aromatic nitrogens is 1. The van der Waals surface area contributed by atoms with Crippen LogP contribution in [0.1, 0.15) is 0 Å². The van der Waals surface area contributed by atoms with E-state index < -0.39 is 0 Å². The number of para-hydroxylation sites is 2. The zero-order chi connectivity index (χ0) is 23.4. The van der Waals surface area contributed by atoms with Crippen LogP contribution in [0.4, 0.5) is 0 Å². The molecule has 0 amide bonds. The molecule has 0 saturated carbocycles. The summed E-state index contributed by atoms with van der Waals surface area (Å²) >= 11 is 0. The first-order valence-corrected chi connectivity index (χ1v) is 12.4. The lowest BCUT2D eigenvalue weighted by Crippen LogP contribution is -1.82. The van der Waals surface area contributed by atoms with Crippen LogP contribution in [-0.2, 0) is 0 Å². The van der Waals surface area contributed by atoms with E-state index in [0.29, 0.717) is 0 Å². The predicted octanol–water partition coefficient (Wildman–Crippen LogP) is 9.56. The van der Waals surface area contributed by atoms with Crippen LogP contribution in [0.2, 0.25) is 0 Å². The molecule has 6 aromatic carbocycles. The molecular formula is C34H19NO. The Morgan fingerprint density at radius 2 is 1.11 bits per heavy atom. The van der Waals surface area contributed by atoms with E-state index >= 15 is 0 Å². The number of fused-ring (bicyclic) bond motifs is 11. The highest BCUT2D eigenvalue weighted by Crippen LogP contribution is 2.44. The molecule has 166 valence electrons. The third kappa shape index (κ3) is 2.22. The lowest BCUT2D eigenvalue weighted by atomic mass is 9.98. The average Bonchev–Trinajstić information content (AvgIpc) is 3.58. The number of nitrogens with zero attached hydrogens (tertiary/aromatic N) is 1. The first-order valence-electron chi connectivity index (χ1n) is 12.4. The number of furan rings is 1. The fourth-order valence-corrected chi connectivity index (χ4v) is 6.33. The lowest BCUT2D eigenvalue weighted by Gasteiger charge is -2.05. The number of rotatable bonds is 1. The van der Waals surface area contributed by atoms with Crippen LogP contribution in [0.5, 0.6) is 0 Å². The van der Waals surface area contributed by atoms with E-state index in [1.807, 2.05) is 12.1 Å². The molecule has 0 bridgehead atoms. The minimum Gasteiger partial charge on any atom is -0.456 e. The Bertz CT molecular complexity index is 2310. The zero-order valence-electron chi connectivity index (χ0n) is 19.3. The molecule has 0 spiro atoms. The highest BCUT2D eigenvalue weighted by molar-refractivity contribution is 6.31. The van der Waals surface area contributed by atoms with Crippen molar-refractivity contribution in [2.45, 2.75) is 0 Å². The van der Waals surface area contributed by atoms with E-state index in [9.17, 15) is 0 Å². The van der Waals surface area contributed by atoms with Gasteiger partial charge in [-0.2, -0.15) is 0 Å². The maximum atomic E-state index is 6.07. The molecule has 0 aliphatic rings. The molecule has 0 radical (unpaired) electrons. The number of hydrogen-bond donors (Lipinski definition) is 0. The Labute approximate surface area is 205 Å². The van der Waals surface area contributed by atoms with Crippen LogP contribution in [0.25, 0.3) is 81.9 Å². The van der Waals surface area contributed by atoms with Gasteiger partial charge in [-0.3, -0.25) is 0 Å². The highest BCUT2D eigenvalue weighted by Gasteiger charge is 2.20. The largest absolute Gasteiger partial charge is 0.456 e. The molecule has 0 unspecified atom stereocenters. The molecular weight excluding hydrogens is 438 g/mol. The highest BCUT2D eigenvalue weighted by atomic mass is 16.3. The molecule has 36 heavy (non-hydrogen) atoms. The van der Waals surface area contributed by atoms with Crippen molar-refractivity contribution in [3.8, 4) is 11.1 Å². The SMILES string of the molecule is c1ccc2c(c1)cc1c3cc(-c4ccc5oc6ccccc6c5c4)ccc3n3c4ccccc4c2c13. The number of hydrogen-bond acceptors (Lipinski definition) is 1. The first kappa shape index (κ1) is 18.5. The zero-order valence-corrected chi connectivity index (χ0v) is 19.3.